The number of rotatable bonds is 7. The van der Waals surface area contributed by atoms with Crippen molar-refractivity contribution in [2.75, 3.05) is 13.7 Å². The highest BCUT2D eigenvalue weighted by Crippen LogP contribution is 2.22. The predicted octanol–water partition coefficient (Wildman–Crippen LogP) is 2.40. The van der Waals surface area contributed by atoms with Crippen molar-refractivity contribution in [1.29, 1.82) is 0 Å². The molecule has 0 bridgehead atoms. The van der Waals surface area contributed by atoms with Gasteiger partial charge in [-0.2, -0.15) is 5.10 Å². The Bertz CT molecular complexity index is 331. The fraction of sp³-hybridized carbons (Fsp3) is 0.769. The summed E-state index contributed by atoms with van der Waals surface area (Å²) in [6, 6.07) is 0.930. The normalized spacial score (nSPS) is 11.5. The van der Waals surface area contributed by atoms with Crippen LogP contribution in [0.3, 0.4) is 0 Å². The first-order chi connectivity index (χ1) is 8.06. The molecule has 0 spiro atoms. The number of aromatic nitrogens is 2. The second kappa shape index (κ2) is 6.64. The molecule has 0 aliphatic heterocycles. The standard InChI is InChI=1S/C13H25N3O/c1-10(2)14-8-6-7-12-13(17-5)9-15-16(12)11(3)4/h9-11,14H,6-8H2,1-5H3. The first kappa shape index (κ1) is 14.0. The zero-order valence-electron chi connectivity index (χ0n) is 11.7. The van der Waals surface area contributed by atoms with Crippen molar-refractivity contribution in [3.8, 4) is 5.75 Å². The predicted molar refractivity (Wildman–Crippen MR) is 70.6 cm³/mol. The van der Waals surface area contributed by atoms with Crippen LogP contribution >= 0.6 is 0 Å². The third kappa shape index (κ3) is 4.04. The van der Waals surface area contributed by atoms with Gasteiger partial charge in [-0.25, -0.2) is 0 Å². The van der Waals surface area contributed by atoms with E-state index in [1.54, 1.807) is 7.11 Å². The number of nitrogens with zero attached hydrogens (tertiary/aromatic N) is 2. The number of hydrogen-bond donors (Lipinski definition) is 1. The van der Waals surface area contributed by atoms with Gasteiger partial charge in [0.2, 0.25) is 0 Å². The Balaban J connectivity index is 2.58. The summed E-state index contributed by atoms with van der Waals surface area (Å²) in [5.41, 5.74) is 1.20. The molecule has 1 aromatic rings. The van der Waals surface area contributed by atoms with Gasteiger partial charge in [-0.1, -0.05) is 13.8 Å². The van der Waals surface area contributed by atoms with E-state index in [4.69, 9.17) is 4.74 Å². The molecule has 0 saturated heterocycles. The maximum atomic E-state index is 5.35. The first-order valence-electron chi connectivity index (χ1n) is 6.40. The second-order valence-electron chi connectivity index (χ2n) is 4.91. The van der Waals surface area contributed by atoms with Crippen molar-refractivity contribution in [1.82, 2.24) is 15.1 Å². The number of methoxy groups -OCH3 is 1. The number of ether oxygens (including phenoxy) is 1. The molecular formula is C13H25N3O. The Morgan fingerprint density at radius 1 is 1.35 bits per heavy atom. The third-order valence-electron chi connectivity index (χ3n) is 2.71. The number of hydrogen-bond acceptors (Lipinski definition) is 3. The van der Waals surface area contributed by atoms with Gasteiger partial charge in [0.1, 0.15) is 0 Å². The molecule has 4 heteroatoms. The molecule has 0 saturated carbocycles. The summed E-state index contributed by atoms with van der Waals surface area (Å²) in [6.07, 6.45) is 3.92. The van der Waals surface area contributed by atoms with Crippen LogP contribution in [-0.4, -0.2) is 29.5 Å². The molecule has 0 fully saturated rings. The molecule has 1 rings (SSSR count). The average molecular weight is 239 g/mol. The van der Waals surface area contributed by atoms with Gasteiger partial charge >= 0.3 is 0 Å². The largest absolute Gasteiger partial charge is 0.493 e. The summed E-state index contributed by atoms with van der Waals surface area (Å²) in [4.78, 5) is 0. The third-order valence-corrected chi connectivity index (χ3v) is 2.71. The molecule has 4 nitrogen and oxygen atoms in total. The Labute approximate surface area is 104 Å². The SMILES string of the molecule is COc1cnn(C(C)C)c1CCCNC(C)C. The Kier molecular flexibility index (Phi) is 5.48. The van der Waals surface area contributed by atoms with E-state index in [9.17, 15) is 0 Å². The van der Waals surface area contributed by atoms with E-state index in [1.165, 1.54) is 5.69 Å². The van der Waals surface area contributed by atoms with E-state index in [0.29, 0.717) is 12.1 Å². The van der Waals surface area contributed by atoms with Gasteiger partial charge in [-0.05, 0) is 33.2 Å². The smallest absolute Gasteiger partial charge is 0.159 e. The van der Waals surface area contributed by atoms with Gasteiger partial charge < -0.3 is 10.1 Å². The van der Waals surface area contributed by atoms with Crippen molar-refractivity contribution < 1.29 is 4.74 Å². The maximum absolute atomic E-state index is 5.35. The van der Waals surface area contributed by atoms with Crippen LogP contribution in [-0.2, 0) is 6.42 Å². The number of nitrogens with one attached hydrogen (secondary N) is 1. The summed E-state index contributed by atoms with van der Waals surface area (Å²) in [6.45, 7) is 9.65. The van der Waals surface area contributed by atoms with Crippen LogP contribution in [0.25, 0.3) is 0 Å². The fourth-order valence-corrected chi connectivity index (χ4v) is 1.87. The zero-order valence-corrected chi connectivity index (χ0v) is 11.7. The minimum absolute atomic E-state index is 0.381. The van der Waals surface area contributed by atoms with E-state index in [2.05, 4.69) is 38.1 Å². The van der Waals surface area contributed by atoms with Crippen LogP contribution in [0.1, 0.15) is 45.9 Å². The molecule has 0 aliphatic rings. The molecule has 1 heterocycles. The molecule has 0 aromatic carbocycles. The minimum Gasteiger partial charge on any atom is -0.493 e. The first-order valence-corrected chi connectivity index (χ1v) is 6.40. The van der Waals surface area contributed by atoms with Gasteiger partial charge in [0.05, 0.1) is 19.0 Å². The highest BCUT2D eigenvalue weighted by atomic mass is 16.5. The summed E-state index contributed by atoms with van der Waals surface area (Å²) in [7, 11) is 1.71. The zero-order chi connectivity index (χ0) is 12.8. The van der Waals surface area contributed by atoms with Crippen LogP contribution in [0.5, 0.6) is 5.75 Å². The van der Waals surface area contributed by atoms with Crippen molar-refractivity contribution in [2.24, 2.45) is 0 Å². The Morgan fingerprint density at radius 3 is 2.59 bits per heavy atom. The topological polar surface area (TPSA) is 39.1 Å². The molecule has 1 N–H and O–H groups in total. The van der Waals surface area contributed by atoms with Crippen LogP contribution in [0.4, 0.5) is 0 Å². The van der Waals surface area contributed by atoms with Crippen molar-refractivity contribution in [3.05, 3.63) is 11.9 Å². The highest BCUT2D eigenvalue weighted by molar-refractivity contribution is 5.25. The lowest BCUT2D eigenvalue weighted by Crippen LogP contribution is -2.24. The molecule has 0 radical (unpaired) electrons. The molecule has 1 aromatic heterocycles. The Morgan fingerprint density at radius 2 is 2.06 bits per heavy atom. The summed E-state index contributed by atoms with van der Waals surface area (Å²) < 4.78 is 7.40. The fourth-order valence-electron chi connectivity index (χ4n) is 1.87. The lowest BCUT2D eigenvalue weighted by Gasteiger charge is -2.13. The molecule has 0 unspecified atom stereocenters. The van der Waals surface area contributed by atoms with Crippen molar-refractivity contribution >= 4 is 0 Å². The molecular weight excluding hydrogens is 214 g/mol. The van der Waals surface area contributed by atoms with E-state index in [1.807, 2.05) is 10.9 Å². The van der Waals surface area contributed by atoms with Crippen LogP contribution in [0, 0.1) is 0 Å². The van der Waals surface area contributed by atoms with E-state index in [0.717, 1.165) is 25.1 Å². The van der Waals surface area contributed by atoms with E-state index < -0.39 is 0 Å². The minimum atomic E-state index is 0.381. The van der Waals surface area contributed by atoms with Gasteiger partial charge in [0.15, 0.2) is 5.75 Å². The van der Waals surface area contributed by atoms with Crippen LogP contribution in [0.2, 0.25) is 0 Å². The molecule has 17 heavy (non-hydrogen) atoms. The Hall–Kier alpha value is -1.03. The highest BCUT2D eigenvalue weighted by Gasteiger charge is 2.12. The van der Waals surface area contributed by atoms with Gasteiger partial charge in [-0.15, -0.1) is 0 Å². The van der Waals surface area contributed by atoms with Gasteiger partial charge in [-0.3, -0.25) is 4.68 Å². The summed E-state index contributed by atoms with van der Waals surface area (Å²) in [5, 5.41) is 7.80. The maximum Gasteiger partial charge on any atom is 0.159 e. The molecule has 0 amide bonds. The second-order valence-corrected chi connectivity index (χ2v) is 4.91. The van der Waals surface area contributed by atoms with E-state index >= 15 is 0 Å². The van der Waals surface area contributed by atoms with Gasteiger partial charge in [0.25, 0.3) is 0 Å². The molecule has 0 aliphatic carbocycles. The lowest BCUT2D eigenvalue weighted by atomic mass is 10.2. The molecule has 98 valence electrons. The van der Waals surface area contributed by atoms with Gasteiger partial charge in [0, 0.05) is 12.1 Å². The average Bonchev–Trinajstić information content (AvgIpc) is 2.67. The lowest BCUT2D eigenvalue weighted by molar-refractivity contribution is 0.402. The van der Waals surface area contributed by atoms with Crippen LogP contribution in [0.15, 0.2) is 6.20 Å². The quantitative estimate of drug-likeness (QED) is 0.743. The summed E-state index contributed by atoms with van der Waals surface area (Å²) >= 11 is 0. The summed E-state index contributed by atoms with van der Waals surface area (Å²) in [5.74, 6) is 0.906. The van der Waals surface area contributed by atoms with Crippen molar-refractivity contribution in [3.63, 3.8) is 0 Å². The van der Waals surface area contributed by atoms with Crippen molar-refractivity contribution in [2.45, 2.75) is 52.6 Å². The monoisotopic (exact) mass is 239 g/mol. The van der Waals surface area contributed by atoms with E-state index in [-0.39, 0.29) is 0 Å². The van der Waals surface area contributed by atoms with Crippen LogP contribution < -0.4 is 10.1 Å². The molecule has 0 atom stereocenters.